The highest BCUT2D eigenvalue weighted by molar-refractivity contribution is 7.11. The number of hydrogen-bond acceptors (Lipinski definition) is 6. The van der Waals surface area contributed by atoms with Crippen molar-refractivity contribution >= 4 is 28.8 Å². The fraction of sp³-hybridized carbons (Fsp3) is 0.429. The van der Waals surface area contributed by atoms with Crippen molar-refractivity contribution in [3.63, 3.8) is 0 Å². The lowest BCUT2D eigenvalue weighted by atomic mass is 10.1. The summed E-state index contributed by atoms with van der Waals surface area (Å²) in [4.78, 5) is 27.2. The summed E-state index contributed by atoms with van der Waals surface area (Å²) in [5.74, 6) is 0.0188. The molecule has 22 heavy (non-hydrogen) atoms. The summed E-state index contributed by atoms with van der Waals surface area (Å²) in [6.45, 7) is 3.11. The van der Waals surface area contributed by atoms with Crippen molar-refractivity contribution in [3.8, 4) is 6.01 Å². The van der Waals surface area contributed by atoms with Crippen LogP contribution in [0.1, 0.15) is 28.2 Å². The maximum atomic E-state index is 12.5. The van der Waals surface area contributed by atoms with E-state index >= 15 is 0 Å². The first-order chi connectivity index (χ1) is 10.6. The number of nitrogens with zero attached hydrogens (tertiary/aromatic N) is 4. The molecular weight excluding hydrogens is 324 g/mol. The van der Waals surface area contributed by atoms with Gasteiger partial charge in [0.2, 0.25) is 0 Å². The molecule has 6 nitrogen and oxygen atoms in total. The predicted octanol–water partition coefficient (Wildman–Crippen LogP) is 2.58. The van der Waals surface area contributed by atoms with Crippen molar-refractivity contribution in [1.82, 2.24) is 19.9 Å². The lowest BCUT2D eigenvalue weighted by molar-refractivity contribution is 0.0519. The van der Waals surface area contributed by atoms with Gasteiger partial charge in [-0.3, -0.25) is 4.79 Å². The number of aryl methyl sites for hydroxylation is 1. The summed E-state index contributed by atoms with van der Waals surface area (Å²) in [6, 6.07) is 0.290. The summed E-state index contributed by atoms with van der Waals surface area (Å²) in [6.07, 6.45) is 4.65. The van der Waals surface area contributed by atoms with Crippen molar-refractivity contribution in [2.24, 2.45) is 0 Å². The molecule has 3 rings (SSSR count). The van der Waals surface area contributed by atoms with Crippen molar-refractivity contribution in [1.29, 1.82) is 0 Å². The molecule has 1 aliphatic rings. The van der Waals surface area contributed by atoms with Gasteiger partial charge in [-0.25, -0.2) is 15.0 Å². The minimum Gasteiger partial charge on any atom is -0.458 e. The monoisotopic (exact) mass is 338 g/mol. The van der Waals surface area contributed by atoms with E-state index in [1.165, 1.54) is 23.7 Å². The SMILES string of the molecule is Cc1ncsc1C(=O)N1CCC[C@H](Oc2ncc(Cl)cn2)C1. The first-order valence-corrected chi connectivity index (χ1v) is 8.23. The van der Waals surface area contributed by atoms with Gasteiger partial charge >= 0.3 is 6.01 Å². The molecule has 116 valence electrons. The van der Waals surface area contributed by atoms with Gasteiger partial charge < -0.3 is 9.64 Å². The summed E-state index contributed by atoms with van der Waals surface area (Å²) < 4.78 is 5.75. The third-order valence-corrected chi connectivity index (χ3v) is 4.59. The molecule has 1 amide bonds. The van der Waals surface area contributed by atoms with E-state index in [9.17, 15) is 4.79 Å². The Hall–Kier alpha value is -1.73. The molecule has 0 saturated carbocycles. The molecule has 1 saturated heterocycles. The number of likely N-dealkylation sites (tertiary alicyclic amines) is 1. The van der Waals surface area contributed by atoms with Gasteiger partial charge in [-0.05, 0) is 19.8 Å². The maximum absolute atomic E-state index is 12.5. The van der Waals surface area contributed by atoms with E-state index in [2.05, 4.69) is 15.0 Å². The predicted molar refractivity (Wildman–Crippen MR) is 83.4 cm³/mol. The molecule has 8 heteroatoms. The largest absolute Gasteiger partial charge is 0.458 e. The second-order valence-corrected chi connectivity index (χ2v) is 6.38. The van der Waals surface area contributed by atoms with Gasteiger partial charge in [-0.15, -0.1) is 11.3 Å². The molecule has 1 fully saturated rings. The zero-order chi connectivity index (χ0) is 15.5. The van der Waals surface area contributed by atoms with Gasteiger partial charge in [0.15, 0.2) is 0 Å². The fourth-order valence-corrected chi connectivity index (χ4v) is 3.25. The van der Waals surface area contributed by atoms with E-state index in [0.29, 0.717) is 16.4 Å². The van der Waals surface area contributed by atoms with Crippen LogP contribution < -0.4 is 4.74 Å². The van der Waals surface area contributed by atoms with Crippen LogP contribution in [-0.4, -0.2) is 45.0 Å². The quantitative estimate of drug-likeness (QED) is 0.860. The highest BCUT2D eigenvalue weighted by Gasteiger charge is 2.27. The van der Waals surface area contributed by atoms with E-state index in [1.54, 1.807) is 5.51 Å². The fourth-order valence-electron chi connectivity index (χ4n) is 2.38. The molecule has 0 aromatic carbocycles. The molecule has 0 spiro atoms. The van der Waals surface area contributed by atoms with Gasteiger partial charge in [-0.2, -0.15) is 0 Å². The highest BCUT2D eigenvalue weighted by Crippen LogP contribution is 2.21. The number of rotatable bonds is 3. The number of halogens is 1. The first-order valence-electron chi connectivity index (χ1n) is 6.97. The van der Waals surface area contributed by atoms with E-state index in [0.717, 1.165) is 25.1 Å². The number of thiazole rings is 1. The molecule has 3 heterocycles. The first kappa shape index (κ1) is 15.2. The van der Waals surface area contributed by atoms with Gasteiger partial charge in [0.25, 0.3) is 5.91 Å². The molecule has 2 aromatic rings. The molecule has 0 radical (unpaired) electrons. The van der Waals surface area contributed by atoms with Crippen LogP contribution in [0, 0.1) is 6.92 Å². The molecule has 1 aliphatic heterocycles. The molecule has 1 atom stereocenters. The minimum atomic E-state index is -0.105. The van der Waals surface area contributed by atoms with Crippen LogP contribution in [0.5, 0.6) is 6.01 Å². The zero-order valence-electron chi connectivity index (χ0n) is 12.0. The lowest BCUT2D eigenvalue weighted by Crippen LogP contribution is -2.44. The Kier molecular flexibility index (Phi) is 4.54. The molecule has 0 N–H and O–H groups in total. The van der Waals surface area contributed by atoms with Crippen molar-refractivity contribution in [2.75, 3.05) is 13.1 Å². The Morgan fingerprint density at radius 3 is 2.86 bits per heavy atom. The van der Waals surface area contributed by atoms with E-state index in [-0.39, 0.29) is 18.0 Å². The van der Waals surface area contributed by atoms with Crippen LogP contribution in [0.15, 0.2) is 17.9 Å². The van der Waals surface area contributed by atoms with Gasteiger partial charge in [-0.1, -0.05) is 11.6 Å². The van der Waals surface area contributed by atoms with Crippen molar-refractivity contribution in [3.05, 3.63) is 33.5 Å². The second-order valence-electron chi connectivity index (χ2n) is 5.08. The Balaban J connectivity index is 1.65. The minimum absolute atomic E-state index is 0.0188. The maximum Gasteiger partial charge on any atom is 0.316 e. The third-order valence-electron chi connectivity index (χ3n) is 3.47. The summed E-state index contributed by atoms with van der Waals surface area (Å²) in [5.41, 5.74) is 2.47. The average molecular weight is 339 g/mol. The van der Waals surface area contributed by atoms with Gasteiger partial charge in [0.05, 0.1) is 35.2 Å². The number of aromatic nitrogens is 3. The Bertz CT molecular complexity index is 661. The van der Waals surface area contributed by atoms with Crippen LogP contribution >= 0.6 is 22.9 Å². The normalized spacial score (nSPS) is 18.3. The van der Waals surface area contributed by atoms with E-state index in [4.69, 9.17) is 16.3 Å². The number of hydrogen-bond donors (Lipinski definition) is 0. The van der Waals surface area contributed by atoms with Crippen LogP contribution in [0.2, 0.25) is 5.02 Å². The second kappa shape index (κ2) is 6.58. The van der Waals surface area contributed by atoms with Gasteiger partial charge in [0, 0.05) is 6.54 Å². The zero-order valence-corrected chi connectivity index (χ0v) is 13.6. The van der Waals surface area contributed by atoms with E-state index in [1.807, 2.05) is 11.8 Å². The molecule has 0 bridgehead atoms. The standard InChI is InChI=1S/C14H15ClN4O2S/c1-9-12(22-8-18-9)13(20)19-4-2-3-11(7-19)21-14-16-5-10(15)6-17-14/h5-6,8,11H,2-4,7H2,1H3/t11-/m0/s1. The molecule has 0 unspecified atom stereocenters. The topological polar surface area (TPSA) is 68.2 Å². The number of amides is 1. The molecule has 2 aromatic heterocycles. The Labute approximate surface area is 137 Å². The summed E-state index contributed by atoms with van der Waals surface area (Å²) in [7, 11) is 0. The van der Waals surface area contributed by atoms with Gasteiger partial charge in [0.1, 0.15) is 11.0 Å². The lowest BCUT2D eigenvalue weighted by Gasteiger charge is -2.32. The van der Waals surface area contributed by atoms with E-state index < -0.39 is 0 Å². The third kappa shape index (κ3) is 3.36. The van der Waals surface area contributed by atoms with Crippen molar-refractivity contribution in [2.45, 2.75) is 25.9 Å². The number of ether oxygens (including phenoxy) is 1. The number of carbonyl (C=O) groups is 1. The van der Waals surface area contributed by atoms with Crippen LogP contribution in [0.25, 0.3) is 0 Å². The average Bonchev–Trinajstić information content (AvgIpc) is 2.95. The highest BCUT2D eigenvalue weighted by atomic mass is 35.5. The van der Waals surface area contributed by atoms with Crippen LogP contribution in [-0.2, 0) is 0 Å². The van der Waals surface area contributed by atoms with Crippen LogP contribution in [0.3, 0.4) is 0 Å². The van der Waals surface area contributed by atoms with Crippen LogP contribution in [0.4, 0.5) is 0 Å². The number of piperidine rings is 1. The number of carbonyl (C=O) groups excluding carboxylic acids is 1. The smallest absolute Gasteiger partial charge is 0.316 e. The Morgan fingerprint density at radius 1 is 1.41 bits per heavy atom. The summed E-state index contributed by atoms with van der Waals surface area (Å²) in [5, 5.41) is 0.466. The van der Waals surface area contributed by atoms with Crippen molar-refractivity contribution < 1.29 is 9.53 Å². The Morgan fingerprint density at radius 2 is 2.18 bits per heavy atom. The molecular formula is C14H15ClN4O2S. The summed E-state index contributed by atoms with van der Waals surface area (Å²) >= 11 is 7.13. The molecule has 0 aliphatic carbocycles.